The lowest BCUT2D eigenvalue weighted by Crippen LogP contribution is -2.44. The summed E-state index contributed by atoms with van der Waals surface area (Å²) in [6.45, 7) is 2.83. The van der Waals surface area contributed by atoms with Crippen LogP contribution in [0.25, 0.3) is 0 Å². The van der Waals surface area contributed by atoms with Gasteiger partial charge in [0.05, 0.1) is 26.5 Å². The van der Waals surface area contributed by atoms with Crippen LogP contribution in [0, 0.1) is 0 Å². The molecular formula is C24H25ClN2O3S. The molecule has 162 valence electrons. The van der Waals surface area contributed by atoms with Crippen molar-refractivity contribution in [3.05, 3.63) is 88.8 Å². The van der Waals surface area contributed by atoms with Gasteiger partial charge in [0.1, 0.15) is 5.76 Å². The lowest BCUT2D eigenvalue weighted by atomic mass is 10.0. The Labute approximate surface area is 189 Å². The summed E-state index contributed by atoms with van der Waals surface area (Å²) in [7, 11) is -1.34. The zero-order valence-corrected chi connectivity index (χ0v) is 18.7. The fraction of sp³-hybridized carbons (Fsp3) is 0.292. The van der Waals surface area contributed by atoms with E-state index in [0.717, 1.165) is 32.5 Å². The van der Waals surface area contributed by atoms with Crippen LogP contribution < -0.4 is 5.32 Å². The van der Waals surface area contributed by atoms with Crippen LogP contribution in [0.4, 0.5) is 0 Å². The van der Waals surface area contributed by atoms with E-state index in [0.29, 0.717) is 15.7 Å². The zero-order valence-electron chi connectivity index (χ0n) is 17.1. The number of furan rings is 1. The maximum Gasteiger partial charge on any atom is 0.287 e. The highest BCUT2D eigenvalue weighted by molar-refractivity contribution is 7.84. The molecule has 1 aromatic heterocycles. The maximum absolute atomic E-state index is 12.6. The van der Waals surface area contributed by atoms with E-state index in [2.05, 4.69) is 34.5 Å². The van der Waals surface area contributed by atoms with E-state index in [9.17, 15) is 9.00 Å². The number of nitrogens with zero attached hydrogens (tertiary/aromatic N) is 1. The average Bonchev–Trinajstić information content (AvgIpc) is 3.25. The highest BCUT2D eigenvalue weighted by atomic mass is 35.5. The van der Waals surface area contributed by atoms with E-state index in [1.54, 1.807) is 36.4 Å². The average molecular weight is 457 g/mol. The van der Waals surface area contributed by atoms with Crippen LogP contribution in [-0.2, 0) is 23.1 Å². The minimum absolute atomic E-state index is 0.130. The highest BCUT2D eigenvalue weighted by Gasteiger charge is 2.23. The van der Waals surface area contributed by atoms with Crippen LogP contribution in [0.2, 0.25) is 5.02 Å². The van der Waals surface area contributed by atoms with Crippen LogP contribution in [0.5, 0.6) is 0 Å². The van der Waals surface area contributed by atoms with Crippen molar-refractivity contribution in [2.45, 2.75) is 36.1 Å². The van der Waals surface area contributed by atoms with E-state index in [-0.39, 0.29) is 23.5 Å². The third-order valence-corrected chi connectivity index (χ3v) is 7.25. The summed E-state index contributed by atoms with van der Waals surface area (Å²) in [5, 5.41) is 3.53. The van der Waals surface area contributed by atoms with Crippen LogP contribution in [0.1, 0.15) is 34.7 Å². The Hall–Kier alpha value is -2.41. The maximum atomic E-state index is 12.6. The van der Waals surface area contributed by atoms with E-state index in [4.69, 9.17) is 16.0 Å². The normalized spacial score (nSPS) is 16.2. The predicted molar refractivity (Wildman–Crippen MR) is 122 cm³/mol. The van der Waals surface area contributed by atoms with Gasteiger partial charge in [0.2, 0.25) is 0 Å². The Morgan fingerprint density at radius 2 is 1.74 bits per heavy atom. The molecule has 1 amide bonds. The van der Waals surface area contributed by atoms with Gasteiger partial charge in [0.15, 0.2) is 5.76 Å². The van der Waals surface area contributed by atoms with Crippen LogP contribution in [-0.4, -0.2) is 34.1 Å². The predicted octanol–water partition coefficient (Wildman–Crippen LogP) is 4.64. The number of rotatable bonds is 7. The third-order valence-electron chi connectivity index (χ3n) is 5.41. The number of nitrogens with one attached hydrogen (secondary N) is 1. The van der Waals surface area contributed by atoms with E-state index >= 15 is 0 Å². The number of benzene rings is 2. The fourth-order valence-corrected chi connectivity index (χ4v) is 5.23. The third kappa shape index (κ3) is 5.85. The molecule has 2 heterocycles. The molecule has 0 aliphatic carbocycles. The molecule has 0 saturated carbocycles. The SMILES string of the molecule is O=C(NC1CCN(Cc2ccccc2)CC1)c1ccc(C[S@@](=O)c2ccccc2Cl)o1. The van der Waals surface area contributed by atoms with E-state index in [1.165, 1.54) is 5.56 Å². The van der Waals surface area contributed by atoms with Gasteiger partial charge in [-0.3, -0.25) is 13.9 Å². The summed E-state index contributed by atoms with van der Waals surface area (Å²) in [4.78, 5) is 15.6. The van der Waals surface area contributed by atoms with Crippen LogP contribution in [0.15, 0.2) is 76.0 Å². The van der Waals surface area contributed by atoms with Crippen molar-refractivity contribution in [2.24, 2.45) is 0 Å². The summed E-state index contributed by atoms with van der Waals surface area (Å²) in [6.07, 6.45) is 1.81. The van der Waals surface area contributed by atoms with Gasteiger partial charge in [0.25, 0.3) is 5.91 Å². The molecule has 0 bridgehead atoms. The molecule has 4 rings (SSSR count). The highest BCUT2D eigenvalue weighted by Crippen LogP contribution is 2.22. The molecular weight excluding hydrogens is 432 g/mol. The first-order valence-electron chi connectivity index (χ1n) is 10.4. The van der Waals surface area contributed by atoms with Gasteiger partial charge < -0.3 is 9.73 Å². The second-order valence-electron chi connectivity index (χ2n) is 7.70. The van der Waals surface area contributed by atoms with Crippen molar-refractivity contribution in [2.75, 3.05) is 13.1 Å². The lowest BCUT2D eigenvalue weighted by molar-refractivity contribution is 0.0879. The van der Waals surface area contributed by atoms with Crippen molar-refractivity contribution in [3.63, 3.8) is 0 Å². The monoisotopic (exact) mass is 456 g/mol. The second-order valence-corrected chi connectivity index (χ2v) is 9.52. The van der Waals surface area contributed by atoms with Gasteiger partial charge in [-0.2, -0.15) is 0 Å². The summed E-state index contributed by atoms with van der Waals surface area (Å²) >= 11 is 6.11. The minimum Gasteiger partial charge on any atom is -0.455 e. The number of piperidine rings is 1. The Morgan fingerprint density at radius 1 is 1.03 bits per heavy atom. The van der Waals surface area contributed by atoms with Crippen LogP contribution >= 0.6 is 11.6 Å². The summed E-state index contributed by atoms with van der Waals surface area (Å²) in [6, 6.07) is 20.9. The standard InChI is InChI=1S/C24H25ClN2O3S/c25-21-8-4-5-9-23(21)31(29)17-20-10-11-22(30-20)24(28)26-19-12-14-27(15-13-19)16-18-6-2-1-3-7-18/h1-11,19H,12-17H2,(H,26,28)/t31-/m1/s1. The molecule has 0 radical (unpaired) electrons. The smallest absolute Gasteiger partial charge is 0.287 e. The van der Waals surface area contributed by atoms with Gasteiger partial charge >= 0.3 is 0 Å². The molecule has 1 aliphatic rings. The van der Waals surface area contributed by atoms with Crippen molar-refractivity contribution < 1.29 is 13.4 Å². The molecule has 5 nitrogen and oxygen atoms in total. The molecule has 0 spiro atoms. The number of likely N-dealkylation sites (tertiary alicyclic amines) is 1. The first-order valence-corrected chi connectivity index (χ1v) is 12.1. The second kappa shape index (κ2) is 10.3. The molecule has 1 atom stereocenters. The van der Waals surface area contributed by atoms with Gasteiger partial charge in [-0.05, 0) is 42.7 Å². The Kier molecular flexibility index (Phi) is 7.22. The van der Waals surface area contributed by atoms with E-state index in [1.807, 2.05) is 6.07 Å². The summed E-state index contributed by atoms with van der Waals surface area (Å²) in [5.41, 5.74) is 1.31. The van der Waals surface area contributed by atoms with Gasteiger partial charge in [-0.15, -0.1) is 0 Å². The summed E-state index contributed by atoms with van der Waals surface area (Å²) < 4.78 is 18.2. The fourth-order valence-electron chi connectivity index (χ4n) is 3.75. The number of hydrogen-bond donors (Lipinski definition) is 1. The number of amides is 1. The van der Waals surface area contributed by atoms with Crippen molar-refractivity contribution in [1.29, 1.82) is 0 Å². The first kappa shape index (κ1) is 21.8. The van der Waals surface area contributed by atoms with Crippen LogP contribution in [0.3, 0.4) is 0 Å². The zero-order chi connectivity index (χ0) is 21.6. The number of carbonyl (C=O) groups is 1. The van der Waals surface area contributed by atoms with E-state index < -0.39 is 10.8 Å². The molecule has 31 heavy (non-hydrogen) atoms. The Balaban J connectivity index is 1.27. The molecule has 1 aliphatic heterocycles. The molecule has 1 N–H and O–H groups in total. The van der Waals surface area contributed by atoms with Gasteiger partial charge in [-0.1, -0.05) is 54.1 Å². The van der Waals surface area contributed by atoms with Gasteiger partial charge in [0, 0.05) is 25.7 Å². The largest absolute Gasteiger partial charge is 0.455 e. The number of halogens is 1. The minimum atomic E-state index is -1.34. The molecule has 3 aromatic rings. The van der Waals surface area contributed by atoms with Crippen molar-refractivity contribution in [1.82, 2.24) is 10.2 Å². The molecule has 7 heteroatoms. The summed E-state index contributed by atoms with van der Waals surface area (Å²) in [5.74, 6) is 0.699. The topological polar surface area (TPSA) is 62.6 Å². The quantitative estimate of drug-likeness (QED) is 0.562. The first-order chi connectivity index (χ1) is 15.1. The number of carbonyl (C=O) groups excluding carboxylic acids is 1. The Bertz CT molecular complexity index is 1050. The molecule has 1 fully saturated rings. The lowest BCUT2D eigenvalue weighted by Gasteiger charge is -2.32. The molecule has 2 aromatic carbocycles. The van der Waals surface area contributed by atoms with Gasteiger partial charge in [-0.25, -0.2) is 0 Å². The Morgan fingerprint density at radius 3 is 2.48 bits per heavy atom. The molecule has 1 saturated heterocycles. The number of hydrogen-bond acceptors (Lipinski definition) is 4. The van der Waals surface area contributed by atoms with Crippen molar-refractivity contribution >= 4 is 28.3 Å². The molecule has 0 unspecified atom stereocenters. The van der Waals surface area contributed by atoms with Crippen molar-refractivity contribution in [3.8, 4) is 0 Å².